The lowest BCUT2D eigenvalue weighted by molar-refractivity contribution is -0.117. The maximum atomic E-state index is 13.0. The van der Waals surface area contributed by atoms with Crippen molar-refractivity contribution in [1.29, 1.82) is 0 Å². The monoisotopic (exact) mass is 358 g/mol. The number of hydrogen-bond acceptors (Lipinski definition) is 4. The van der Waals surface area contributed by atoms with E-state index in [9.17, 15) is 18.8 Å². The van der Waals surface area contributed by atoms with E-state index in [0.29, 0.717) is 16.9 Å². The highest BCUT2D eigenvalue weighted by Gasteiger charge is 2.14. The molecule has 0 saturated heterocycles. The summed E-state index contributed by atoms with van der Waals surface area (Å²) in [6, 6.07) is 11.8. The number of rotatable bonds is 6. The Morgan fingerprint density at radius 3 is 2.42 bits per heavy atom. The molecule has 136 valence electrons. The third-order valence-electron chi connectivity index (χ3n) is 3.65. The van der Waals surface area contributed by atoms with Crippen LogP contribution in [0.1, 0.15) is 23.7 Å². The van der Waals surface area contributed by atoms with Gasteiger partial charge in [-0.05, 0) is 42.5 Å². The van der Waals surface area contributed by atoms with E-state index >= 15 is 0 Å². The first kappa shape index (κ1) is 19.1. The van der Waals surface area contributed by atoms with Crippen molar-refractivity contribution in [2.75, 3.05) is 23.9 Å². The van der Waals surface area contributed by atoms with Gasteiger partial charge in [0.2, 0.25) is 11.8 Å². The van der Waals surface area contributed by atoms with E-state index in [-0.39, 0.29) is 24.8 Å². The average Bonchev–Trinajstić information content (AvgIpc) is 2.62. The van der Waals surface area contributed by atoms with Crippen LogP contribution in [0.25, 0.3) is 0 Å². The Balaban J connectivity index is 1.99. The van der Waals surface area contributed by atoms with Gasteiger partial charge in [0.1, 0.15) is 5.82 Å². The van der Waals surface area contributed by atoms with Gasteiger partial charge in [0.05, 0.1) is 12.7 Å². The summed E-state index contributed by atoms with van der Waals surface area (Å²) in [4.78, 5) is 36.9. The second-order valence-electron chi connectivity index (χ2n) is 5.52. The second kappa shape index (κ2) is 8.75. The largest absolute Gasteiger partial charge is 0.465 e. The average molecular weight is 358 g/mol. The lowest BCUT2D eigenvalue weighted by atomic mass is 10.2. The zero-order valence-electron chi connectivity index (χ0n) is 14.5. The van der Waals surface area contributed by atoms with Crippen LogP contribution in [0.15, 0.2) is 48.5 Å². The van der Waals surface area contributed by atoms with E-state index in [1.54, 1.807) is 18.2 Å². The van der Waals surface area contributed by atoms with Crippen LogP contribution in [0.5, 0.6) is 0 Å². The van der Waals surface area contributed by atoms with Crippen molar-refractivity contribution in [3.8, 4) is 0 Å². The van der Waals surface area contributed by atoms with Crippen LogP contribution in [0.4, 0.5) is 15.8 Å². The van der Waals surface area contributed by atoms with Crippen molar-refractivity contribution in [2.24, 2.45) is 0 Å². The minimum Gasteiger partial charge on any atom is -0.465 e. The molecule has 1 N–H and O–H groups in total. The molecule has 2 rings (SSSR count). The molecule has 0 fully saturated rings. The number of ether oxygens (including phenoxy) is 1. The number of anilines is 2. The quantitative estimate of drug-likeness (QED) is 0.806. The molecular weight excluding hydrogens is 339 g/mol. The fourth-order valence-electron chi connectivity index (χ4n) is 2.37. The Hall–Kier alpha value is -3.22. The third kappa shape index (κ3) is 5.14. The fraction of sp³-hybridized carbons (Fsp3) is 0.211. The van der Waals surface area contributed by atoms with Gasteiger partial charge in [0.25, 0.3) is 0 Å². The van der Waals surface area contributed by atoms with Crippen LogP contribution in [0, 0.1) is 5.82 Å². The molecule has 0 atom stereocenters. The summed E-state index contributed by atoms with van der Waals surface area (Å²) in [7, 11) is 1.28. The minimum atomic E-state index is -0.500. The summed E-state index contributed by atoms with van der Waals surface area (Å²) >= 11 is 0. The SMILES string of the molecule is COC(=O)c1cccc(NC(=O)CCN(C(C)=O)c2ccc(F)cc2)c1. The normalized spacial score (nSPS) is 10.1. The molecule has 0 aliphatic heterocycles. The molecule has 7 heteroatoms. The van der Waals surface area contributed by atoms with Crippen LogP contribution >= 0.6 is 0 Å². The molecule has 2 aromatic carbocycles. The van der Waals surface area contributed by atoms with Gasteiger partial charge in [-0.2, -0.15) is 0 Å². The third-order valence-corrected chi connectivity index (χ3v) is 3.65. The number of nitrogens with one attached hydrogen (secondary N) is 1. The molecule has 0 unspecified atom stereocenters. The van der Waals surface area contributed by atoms with Crippen LogP contribution in [0.3, 0.4) is 0 Å². The highest BCUT2D eigenvalue weighted by atomic mass is 19.1. The van der Waals surface area contributed by atoms with Crippen LogP contribution in [-0.4, -0.2) is 31.4 Å². The van der Waals surface area contributed by atoms with Gasteiger partial charge in [0.15, 0.2) is 0 Å². The van der Waals surface area contributed by atoms with E-state index < -0.39 is 11.8 Å². The van der Waals surface area contributed by atoms with Gasteiger partial charge in [0, 0.05) is 31.3 Å². The van der Waals surface area contributed by atoms with E-state index in [1.807, 2.05) is 0 Å². The zero-order chi connectivity index (χ0) is 19.1. The van der Waals surface area contributed by atoms with E-state index in [2.05, 4.69) is 10.1 Å². The molecule has 0 aromatic heterocycles. The summed E-state index contributed by atoms with van der Waals surface area (Å²) in [5.41, 5.74) is 1.29. The first-order chi connectivity index (χ1) is 12.4. The highest BCUT2D eigenvalue weighted by molar-refractivity contribution is 5.96. The van der Waals surface area contributed by atoms with Crippen molar-refractivity contribution in [2.45, 2.75) is 13.3 Å². The zero-order valence-corrected chi connectivity index (χ0v) is 14.5. The number of benzene rings is 2. The first-order valence-electron chi connectivity index (χ1n) is 7.92. The van der Waals surface area contributed by atoms with E-state index in [0.717, 1.165) is 0 Å². The van der Waals surface area contributed by atoms with Crippen LogP contribution < -0.4 is 10.2 Å². The van der Waals surface area contributed by atoms with E-state index in [1.165, 1.54) is 49.3 Å². The van der Waals surface area contributed by atoms with Gasteiger partial charge in [-0.1, -0.05) is 6.07 Å². The number of esters is 1. The molecule has 26 heavy (non-hydrogen) atoms. The molecule has 6 nitrogen and oxygen atoms in total. The van der Waals surface area contributed by atoms with Crippen LogP contribution in [-0.2, 0) is 14.3 Å². The van der Waals surface area contributed by atoms with Gasteiger partial charge in [-0.15, -0.1) is 0 Å². The molecule has 2 amide bonds. The van der Waals surface area contributed by atoms with Gasteiger partial charge < -0.3 is 15.0 Å². The maximum absolute atomic E-state index is 13.0. The predicted molar refractivity (Wildman–Crippen MR) is 95.5 cm³/mol. The summed E-state index contributed by atoms with van der Waals surface area (Å²) in [5.74, 6) is -1.47. The van der Waals surface area contributed by atoms with Gasteiger partial charge >= 0.3 is 5.97 Å². The van der Waals surface area contributed by atoms with E-state index in [4.69, 9.17) is 0 Å². The van der Waals surface area contributed by atoms with Gasteiger partial charge in [-0.3, -0.25) is 9.59 Å². The first-order valence-corrected chi connectivity index (χ1v) is 7.92. The molecule has 0 spiro atoms. The number of halogens is 1. The Bertz CT molecular complexity index is 805. The second-order valence-corrected chi connectivity index (χ2v) is 5.52. The van der Waals surface area contributed by atoms with Gasteiger partial charge in [-0.25, -0.2) is 9.18 Å². The summed E-state index contributed by atoms with van der Waals surface area (Å²) in [5, 5.41) is 2.67. The van der Waals surface area contributed by atoms with Crippen molar-refractivity contribution in [3.05, 3.63) is 59.9 Å². The lowest BCUT2D eigenvalue weighted by Gasteiger charge is -2.21. The minimum absolute atomic E-state index is 0.0411. The number of nitrogens with zero attached hydrogens (tertiary/aromatic N) is 1. The Morgan fingerprint density at radius 2 is 1.81 bits per heavy atom. The standard InChI is InChI=1S/C19H19FN2O4/c1-13(23)22(17-8-6-15(20)7-9-17)11-10-18(24)21-16-5-3-4-14(12-16)19(25)26-2/h3-9,12H,10-11H2,1-2H3,(H,21,24). The number of hydrogen-bond donors (Lipinski definition) is 1. The Labute approximate surface area is 150 Å². The Morgan fingerprint density at radius 1 is 1.12 bits per heavy atom. The summed E-state index contributed by atoms with van der Waals surface area (Å²) < 4.78 is 17.7. The molecule has 0 saturated carbocycles. The van der Waals surface area contributed by atoms with Crippen LogP contribution in [0.2, 0.25) is 0 Å². The lowest BCUT2D eigenvalue weighted by Crippen LogP contribution is -2.31. The predicted octanol–water partition coefficient (Wildman–Crippen LogP) is 2.99. The molecule has 0 aliphatic rings. The fourth-order valence-corrected chi connectivity index (χ4v) is 2.37. The van der Waals surface area contributed by atoms with Crippen molar-refractivity contribution in [3.63, 3.8) is 0 Å². The number of amides is 2. The number of carbonyl (C=O) groups is 3. The topological polar surface area (TPSA) is 75.7 Å². The number of carbonyl (C=O) groups excluding carboxylic acids is 3. The molecule has 2 aromatic rings. The molecule has 0 heterocycles. The number of methoxy groups -OCH3 is 1. The smallest absolute Gasteiger partial charge is 0.337 e. The molecule has 0 aliphatic carbocycles. The van der Waals surface area contributed by atoms with Crippen molar-refractivity contribution < 1.29 is 23.5 Å². The van der Waals surface area contributed by atoms with Crippen molar-refractivity contribution in [1.82, 2.24) is 0 Å². The summed E-state index contributed by atoms with van der Waals surface area (Å²) in [6.07, 6.45) is 0.0411. The molecule has 0 bridgehead atoms. The highest BCUT2D eigenvalue weighted by Crippen LogP contribution is 2.16. The Kier molecular flexibility index (Phi) is 6.43. The summed E-state index contributed by atoms with van der Waals surface area (Å²) in [6.45, 7) is 1.52. The molecule has 0 radical (unpaired) electrons. The maximum Gasteiger partial charge on any atom is 0.337 e. The molecular formula is C19H19FN2O4. The van der Waals surface area contributed by atoms with Crippen molar-refractivity contribution >= 4 is 29.2 Å².